The molecule has 1 aromatic carbocycles. The summed E-state index contributed by atoms with van der Waals surface area (Å²) in [5.41, 5.74) is 7.20. The molecule has 0 aliphatic heterocycles. The summed E-state index contributed by atoms with van der Waals surface area (Å²) in [5, 5.41) is 0. The van der Waals surface area contributed by atoms with E-state index >= 15 is 0 Å². The Morgan fingerprint density at radius 1 is 1.35 bits per heavy atom. The number of rotatable bonds is 5. The Hall–Kier alpha value is -1.02. The van der Waals surface area contributed by atoms with Crippen LogP contribution in [0.25, 0.3) is 0 Å². The van der Waals surface area contributed by atoms with E-state index in [1.54, 1.807) is 0 Å². The first kappa shape index (κ1) is 12.4. The minimum Gasteiger partial charge on any atom is -0.493 e. The molecule has 0 bridgehead atoms. The van der Waals surface area contributed by atoms with Crippen LogP contribution in [0.5, 0.6) is 5.75 Å². The average Bonchev–Trinajstić information content (AvgIpc) is 2.89. The molecule has 0 radical (unpaired) electrons. The number of hydrogen-bond donors (Lipinski definition) is 1. The lowest BCUT2D eigenvalue weighted by Gasteiger charge is -2.14. The van der Waals surface area contributed by atoms with E-state index in [4.69, 9.17) is 10.5 Å². The van der Waals surface area contributed by atoms with Crippen molar-refractivity contribution in [2.45, 2.75) is 45.1 Å². The second-order valence-electron chi connectivity index (χ2n) is 5.05. The van der Waals surface area contributed by atoms with E-state index in [-0.39, 0.29) is 6.04 Å². The molecule has 0 saturated heterocycles. The van der Waals surface area contributed by atoms with Gasteiger partial charge in [0, 0.05) is 6.04 Å². The van der Waals surface area contributed by atoms with Crippen LogP contribution in [0, 0.1) is 5.92 Å². The van der Waals surface area contributed by atoms with Gasteiger partial charge in [0.15, 0.2) is 0 Å². The number of benzene rings is 1. The van der Waals surface area contributed by atoms with Crippen LogP contribution >= 0.6 is 0 Å². The first-order valence-corrected chi connectivity index (χ1v) is 6.78. The van der Waals surface area contributed by atoms with Crippen molar-refractivity contribution in [3.8, 4) is 5.75 Å². The van der Waals surface area contributed by atoms with Crippen LogP contribution in [0.4, 0.5) is 0 Å². The molecule has 2 heteroatoms. The van der Waals surface area contributed by atoms with Gasteiger partial charge in [-0.1, -0.05) is 31.9 Å². The zero-order valence-corrected chi connectivity index (χ0v) is 10.7. The van der Waals surface area contributed by atoms with E-state index in [1.165, 1.54) is 31.2 Å². The van der Waals surface area contributed by atoms with Crippen LogP contribution in [-0.2, 0) is 0 Å². The molecule has 17 heavy (non-hydrogen) atoms. The number of ether oxygens (including phenoxy) is 1. The fourth-order valence-corrected chi connectivity index (χ4v) is 2.46. The lowest BCUT2D eigenvalue weighted by molar-refractivity contribution is 0.252. The maximum atomic E-state index is 6.03. The highest BCUT2D eigenvalue weighted by molar-refractivity contribution is 5.30. The molecular weight excluding hydrogens is 210 g/mol. The monoisotopic (exact) mass is 233 g/mol. The van der Waals surface area contributed by atoms with E-state index in [0.29, 0.717) is 0 Å². The first-order valence-electron chi connectivity index (χ1n) is 6.78. The summed E-state index contributed by atoms with van der Waals surface area (Å²) >= 11 is 0. The first-order chi connectivity index (χ1) is 8.29. The summed E-state index contributed by atoms with van der Waals surface area (Å²) in [6.45, 7) is 2.97. The van der Waals surface area contributed by atoms with Gasteiger partial charge in [-0.15, -0.1) is 0 Å². The predicted molar refractivity (Wildman–Crippen MR) is 71.1 cm³/mol. The van der Waals surface area contributed by atoms with Crippen molar-refractivity contribution >= 4 is 0 Å². The molecule has 1 aliphatic rings. The van der Waals surface area contributed by atoms with Crippen LogP contribution < -0.4 is 10.5 Å². The quantitative estimate of drug-likeness (QED) is 0.842. The molecule has 2 nitrogen and oxygen atoms in total. The molecule has 1 unspecified atom stereocenters. The molecule has 0 spiro atoms. The lowest BCUT2D eigenvalue weighted by Crippen LogP contribution is -2.10. The fraction of sp³-hybridized carbons (Fsp3) is 0.600. The smallest absolute Gasteiger partial charge is 0.119 e. The summed E-state index contributed by atoms with van der Waals surface area (Å²) < 4.78 is 5.87. The van der Waals surface area contributed by atoms with Gasteiger partial charge in [0.1, 0.15) is 5.75 Å². The molecule has 2 N–H and O–H groups in total. The van der Waals surface area contributed by atoms with Crippen molar-refractivity contribution in [2.24, 2.45) is 11.7 Å². The van der Waals surface area contributed by atoms with Gasteiger partial charge in [-0.25, -0.2) is 0 Å². The van der Waals surface area contributed by atoms with E-state index in [2.05, 4.69) is 19.1 Å². The Morgan fingerprint density at radius 3 is 2.82 bits per heavy atom. The molecule has 94 valence electrons. The van der Waals surface area contributed by atoms with Crippen molar-refractivity contribution in [2.75, 3.05) is 6.61 Å². The third-order valence-corrected chi connectivity index (χ3v) is 3.69. The van der Waals surface area contributed by atoms with E-state index in [1.807, 2.05) is 12.1 Å². The highest BCUT2D eigenvalue weighted by Gasteiger charge is 2.15. The Labute approximate surface area is 104 Å². The minimum absolute atomic E-state index is 0.130. The van der Waals surface area contributed by atoms with Crippen LogP contribution in [0.3, 0.4) is 0 Å². The van der Waals surface area contributed by atoms with E-state index in [9.17, 15) is 0 Å². The Kier molecular flexibility index (Phi) is 4.43. The van der Waals surface area contributed by atoms with Crippen molar-refractivity contribution in [1.29, 1.82) is 0 Å². The summed E-state index contributed by atoms with van der Waals surface area (Å²) in [7, 11) is 0. The lowest BCUT2D eigenvalue weighted by atomic mass is 10.1. The maximum absolute atomic E-state index is 6.03. The van der Waals surface area contributed by atoms with Gasteiger partial charge < -0.3 is 10.5 Å². The summed E-state index contributed by atoms with van der Waals surface area (Å²) in [4.78, 5) is 0. The Balaban J connectivity index is 1.91. The predicted octanol–water partition coefficient (Wildman–Crippen LogP) is 3.67. The van der Waals surface area contributed by atoms with Crippen molar-refractivity contribution in [3.05, 3.63) is 29.8 Å². The number of nitrogens with two attached hydrogens (primary N) is 1. The zero-order chi connectivity index (χ0) is 12.1. The van der Waals surface area contributed by atoms with Crippen LogP contribution in [0.15, 0.2) is 24.3 Å². The Morgan fingerprint density at radius 2 is 2.12 bits per heavy atom. The van der Waals surface area contributed by atoms with Gasteiger partial charge in [-0.05, 0) is 42.9 Å². The van der Waals surface area contributed by atoms with Crippen LogP contribution in [-0.4, -0.2) is 6.61 Å². The second kappa shape index (κ2) is 6.06. The highest BCUT2D eigenvalue weighted by atomic mass is 16.5. The molecule has 0 amide bonds. The summed E-state index contributed by atoms with van der Waals surface area (Å²) in [5.74, 6) is 1.73. The molecular formula is C15H23NO. The largest absolute Gasteiger partial charge is 0.493 e. The van der Waals surface area contributed by atoms with Gasteiger partial charge in [-0.3, -0.25) is 0 Å². The van der Waals surface area contributed by atoms with Gasteiger partial charge in [0.25, 0.3) is 0 Å². The third kappa shape index (κ3) is 3.47. The van der Waals surface area contributed by atoms with Crippen LogP contribution in [0.2, 0.25) is 0 Å². The summed E-state index contributed by atoms with van der Waals surface area (Å²) in [6.07, 6.45) is 6.36. The standard InChI is InChI=1S/C15H23NO/c1-2-15(16)13-8-5-9-14(10-13)17-11-12-6-3-4-7-12/h5,8-10,12,15H,2-4,6-7,11,16H2,1H3. The normalized spacial score (nSPS) is 18.2. The molecule has 1 aliphatic carbocycles. The fourth-order valence-electron chi connectivity index (χ4n) is 2.46. The highest BCUT2D eigenvalue weighted by Crippen LogP contribution is 2.26. The number of hydrogen-bond acceptors (Lipinski definition) is 2. The van der Waals surface area contributed by atoms with Crippen LogP contribution in [0.1, 0.15) is 50.6 Å². The SMILES string of the molecule is CCC(N)c1cccc(OCC2CCCC2)c1. The molecule has 2 rings (SSSR count). The van der Waals surface area contributed by atoms with E-state index < -0.39 is 0 Å². The third-order valence-electron chi connectivity index (χ3n) is 3.69. The maximum Gasteiger partial charge on any atom is 0.119 e. The minimum atomic E-state index is 0.130. The summed E-state index contributed by atoms with van der Waals surface area (Å²) in [6, 6.07) is 8.36. The molecule has 0 heterocycles. The van der Waals surface area contributed by atoms with Gasteiger partial charge in [0.2, 0.25) is 0 Å². The molecule has 1 fully saturated rings. The zero-order valence-electron chi connectivity index (χ0n) is 10.7. The van der Waals surface area contributed by atoms with Gasteiger partial charge >= 0.3 is 0 Å². The topological polar surface area (TPSA) is 35.2 Å². The molecule has 1 atom stereocenters. The molecule has 0 aromatic heterocycles. The average molecular weight is 233 g/mol. The Bertz CT molecular complexity index is 345. The molecule has 1 saturated carbocycles. The van der Waals surface area contributed by atoms with Gasteiger partial charge in [-0.2, -0.15) is 0 Å². The van der Waals surface area contributed by atoms with Crippen molar-refractivity contribution in [3.63, 3.8) is 0 Å². The second-order valence-corrected chi connectivity index (χ2v) is 5.05. The van der Waals surface area contributed by atoms with Gasteiger partial charge in [0.05, 0.1) is 6.61 Å². The molecule has 1 aromatic rings. The van der Waals surface area contributed by atoms with Crippen molar-refractivity contribution < 1.29 is 4.74 Å². The van der Waals surface area contributed by atoms with E-state index in [0.717, 1.165) is 24.7 Å². The van der Waals surface area contributed by atoms with Crippen molar-refractivity contribution in [1.82, 2.24) is 0 Å².